The van der Waals surface area contributed by atoms with Crippen LogP contribution in [0, 0.1) is 12.7 Å². The van der Waals surface area contributed by atoms with E-state index < -0.39 is 0 Å². The zero-order valence-corrected chi connectivity index (χ0v) is 11.3. The Bertz CT molecular complexity index is 462. The van der Waals surface area contributed by atoms with Crippen LogP contribution in [0.4, 0.5) is 10.1 Å². The van der Waals surface area contributed by atoms with E-state index in [4.69, 9.17) is 11.6 Å². The molecule has 1 aromatic carbocycles. The Morgan fingerprint density at radius 1 is 1.53 bits per heavy atom. The van der Waals surface area contributed by atoms with Crippen molar-refractivity contribution in [3.8, 4) is 0 Å². The van der Waals surface area contributed by atoms with Crippen molar-refractivity contribution in [3.63, 3.8) is 0 Å². The molecule has 1 heterocycles. The number of benzene rings is 1. The molecule has 0 aromatic heterocycles. The van der Waals surface area contributed by atoms with Gasteiger partial charge < -0.3 is 5.32 Å². The Balaban J connectivity index is 2.21. The van der Waals surface area contributed by atoms with Gasteiger partial charge in [0, 0.05) is 5.75 Å². The molecule has 0 fully saturated rings. The van der Waals surface area contributed by atoms with Crippen LogP contribution in [-0.4, -0.2) is 17.0 Å². The second-order valence-corrected chi connectivity index (χ2v) is 5.62. The van der Waals surface area contributed by atoms with Gasteiger partial charge in [-0.3, -0.25) is 4.99 Å². The van der Waals surface area contributed by atoms with Gasteiger partial charge in [0.25, 0.3) is 0 Å². The van der Waals surface area contributed by atoms with Crippen molar-refractivity contribution < 1.29 is 4.39 Å². The van der Waals surface area contributed by atoms with Crippen molar-refractivity contribution in [2.45, 2.75) is 26.3 Å². The SMILES string of the molecule is Cc1cc(NC2=NC(C)CCS2)c(Cl)cc1F. The molecule has 1 aliphatic heterocycles. The number of aliphatic imine (C=N–C) groups is 1. The number of hydrogen-bond donors (Lipinski definition) is 1. The first-order valence-corrected chi connectivity index (χ1v) is 6.86. The van der Waals surface area contributed by atoms with Gasteiger partial charge in [-0.05, 0) is 38.0 Å². The lowest BCUT2D eigenvalue weighted by atomic mass is 10.2. The van der Waals surface area contributed by atoms with Gasteiger partial charge in [-0.2, -0.15) is 0 Å². The third-order valence-electron chi connectivity index (χ3n) is 2.60. The van der Waals surface area contributed by atoms with Crippen molar-refractivity contribution in [2.75, 3.05) is 11.1 Å². The van der Waals surface area contributed by atoms with Crippen LogP contribution in [0.15, 0.2) is 17.1 Å². The van der Waals surface area contributed by atoms with Crippen LogP contribution in [-0.2, 0) is 0 Å². The van der Waals surface area contributed by atoms with E-state index in [9.17, 15) is 4.39 Å². The first kappa shape index (κ1) is 12.7. The molecular formula is C12H14ClFN2S. The monoisotopic (exact) mass is 272 g/mol. The lowest BCUT2D eigenvalue weighted by molar-refractivity contribution is 0.619. The number of anilines is 1. The summed E-state index contributed by atoms with van der Waals surface area (Å²) in [6.45, 7) is 3.80. The molecule has 1 atom stereocenters. The van der Waals surface area contributed by atoms with Crippen molar-refractivity contribution >= 4 is 34.2 Å². The summed E-state index contributed by atoms with van der Waals surface area (Å²) in [4.78, 5) is 4.49. The van der Waals surface area contributed by atoms with E-state index in [0.717, 1.165) is 17.3 Å². The van der Waals surface area contributed by atoms with Crippen molar-refractivity contribution in [1.82, 2.24) is 0 Å². The van der Waals surface area contributed by atoms with Gasteiger partial charge in [0.15, 0.2) is 5.17 Å². The van der Waals surface area contributed by atoms with Crippen molar-refractivity contribution in [1.29, 1.82) is 0 Å². The number of halogens is 2. The molecule has 0 amide bonds. The minimum absolute atomic E-state index is 0.285. The maximum absolute atomic E-state index is 13.3. The average molecular weight is 273 g/mol. The zero-order chi connectivity index (χ0) is 12.4. The Kier molecular flexibility index (Phi) is 3.94. The number of hydrogen-bond acceptors (Lipinski definition) is 3. The van der Waals surface area contributed by atoms with Crippen LogP contribution in [0.3, 0.4) is 0 Å². The molecule has 2 nitrogen and oxygen atoms in total. The topological polar surface area (TPSA) is 24.4 Å². The van der Waals surface area contributed by atoms with Crippen molar-refractivity contribution in [2.24, 2.45) is 4.99 Å². The first-order chi connectivity index (χ1) is 8.06. The van der Waals surface area contributed by atoms with Crippen LogP contribution in [0.5, 0.6) is 0 Å². The summed E-state index contributed by atoms with van der Waals surface area (Å²) in [6.07, 6.45) is 1.09. The molecule has 2 rings (SSSR count). The van der Waals surface area contributed by atoms with E-state index >= 15 is 0 Å². The van der Waals surface area contributed by atoms with Crippen LogP contribution in [0.1, 0.15) is 18.9 Å². The maximum atomic E-state index is 13.3. The number of nitrogens with one attached hydrogen (secondary N) is 1. The van der Waals surface area contributed by atoms with E-state index in [0.29, 0.717) is 22.3 Å². The van der Waals surface area contributed by atoms with Crippen LogP contribution in [0.25, 0.3) is 0 Å². The summed E-state index contributed by atoms with van der Waals surface area (Å²) < 4.78 is 13.3. The van der Waals surface area contributed by atoms with Crippen molar-refractivity contribution in [3.05, 3.63) is 28.5 Å². The van der Waals surface area contributed by atoms with Gasteiger partial charge in [-0.15, -0.1) is 0 Å². The fourth-order valence-corrected chi connectivity index (χ4v) is 2.85. The fourth-order valence-electron chi connectivity index (χ4n) is 1.56. The van der Waals surface area contributed by atoms with E-state index in [1.54, 1.807) is 24.8 Å². The molecule has 1 unspecified atom stereocenters. The minimum Gasteiger partial charge on any atom is -0.334 e. The zero-order valence-electron chi connectivity index (χ0n) is 9.76. The highest BCUT2D eigenvalue weighted by Gasteiger charge is 2.13. The highest BCUT2D eigenvalue weighted by molar-refractivity contribution is 8.14. The standard InChI is InChI=1S/C12H14ClFN2S/c1-7-5-11(9(13)6-10(7)14)16-12-15-8(2)3-4-17-12/h5-6,8H,3-4H2,1-2H3,(H,15,16). The van der Waals surface area contributed by atoms with Gasteiger partial charge in [-0.25, -0.2) is 4.39 Å². The molecule has 0 saturated heterocycles. The molecule has 1 aliphatic rings. The van der Waals surface area contributed by atoms with Crippen LogP contribution >= 0.6 is 23.4 Å². The highest BCUT2D eigenvalue weighted by atomic mass is 35.5. The van der Waals surface area contributed by atoms with Gasteiger partial charge >= 0.3 is 0 Å². The molecule has 0 spiro atoms. The first-order valence-electron chi connectivity index (χ1n) is 5.49. The maximum Gasteiger partial charge on any atom is 0.161 e. The van der Waals surface area contributed by atoms with E-state index in [2.05, 4.69) is 17.2 Å². The van der Waals surface area contributed by atoms with E-state index in [-0.39, 0.29) is 5.82 Å². The average Bonchev–Trinajstić information content (AvgIpc) is 2.26. The Hall–Kier alpha value is -0.740. The second kappa shape index (κ2) is 5.27. The molecule has 92 valence electrons. The number of thioether (sulfide) groups is 1. The summed E-state index contributed by atoms with van der Waals surface area (Å²) in [7, 11) is 0. The molecule has 1 aromatic rings. The van der Waals surface area contributed by atoms with Crippen LogP contribution < -0.4 is 5.32 Å². The third-order valence-corrected chi connectivity index (χ3v) is 3.84. The molecule has 0 radical (unpaired) electrons. The third kappa shape index (κ3) is 3.13. The normalized spacial score (nSPS) is 20.0. The van der Waals surface area contributed by atoms with Gasteiger partial charge in [-0.1, -0.05) is 23.4 Å². The Morgan fingerprint density at radius 2 is 2.29 bits per heavy atom. The molecule has 1 N–H and O–H groups in total. The molecular weight excluding hydrogens is 259 g/mol. The lowest BCUT2D eigenvalue weighted by Gasteiger charge is -2.18. The van der Waals surface area contributed by atoms with E-state index in [1.807, 2.05) is 0 Å². The van der Waals surface area contributed by atoms with Gasteiger partial charge in [0.1, 0.15) is 5.82 Å². The molecule has 5 heteroatoms. The summed E-state index contributed by atoms with van der Waals surface area (Å²) in [6, 6.07) is 3.37. The van der Waals surface area contributed by atoms with Gasteiger partial charge in [0.2, 0.25) is 0 Å². The molecule has 0 aliphatic carbocycles. The largest absolute Gasteiger partial charge is 0.334 e. The minimum atomic E-state index is -0.285. The lowest BCUT2D eigenvalue weighted by Crippen LogP contribution is -2.18. The quantitative estimate of drug-likeness (QED) is 0.833. The Labute approximate surface area is 110 Å². The fraction of sp³-hybridized carbons (Fsp3) is 0.417. The van der Waals surface area contributed by atoms with Gasteiger partial charge in [0.05, 0.1) is 16.8 Å². The molecule has 17 heavy (non-hydrogen) atoms. The van der Waals surface area contributed by atoms with Crippen LogP contribution in [0.2, 0.25) is 5.02 Å². The number of amidine groups is 1. The van der Waals surface area contributed by atoms with E-state index in [1.165, 1.54) is 6.07 Å². The second-order valence-electron chi connectivity index (χ2n) is 4.13. The predicted octanol–water partition coefficient (Wildman–Crippen LogP) is 4.08. The summed E-state index contributed by atoms with van der Waals surface area (Å²) in [5.74, 6) is 0.761. The predicted molar refractivity (Wildman–Crippen MR) is 73.7 cm³/mol. The molecule has 0 saturated carbocycles. The summed E-state index contributed by atoms with van der Waals surface area (Å²) >= 11 is 7.66. The Morgan fingerprint density at radius 3 is 3.00 bits per heavy atom. The summed E-state index contributed by atoms with van der Waals surface area (Å²) in [5, 5.41) is 4.40. The number of aryl methyl sites for hydroxylation is 1. The highest BCUT2D eigenvalue weighted by Crippen LogP contribution is 2.27. The smallest absolute Gasteiger partial charge is 0.161 e. The molecule has 0 bridgehead atoms. The number of nitrogens with zero attached hydrogens (tertiary/aromatic N) is 1. The number of rotatable bonds is 1. The summed E-state index contributed by atoms with van der Waals surface area (Å²) in [5.41, 5.74) is 1.29.